The van der Waals surface area contributed by atoms with Crippen molar-refractivity contribution in [2.75, 3.05) is 13.1 Å². The van der Waals surface area contributed by atoms with E-state index in [4.69, 9.17) is 0 Å². The Kier molecular flexibility index (Phi) is 3.36. The van der Waals surface area contributed by atoms with Gasteiger partial charge < -0.3 is 4.98 Å². The summed E-state index contributed by atoms with van der Waals surface area (Å²) in [5.74, 6) is -1.99. The Hall–Kier alpha value is -1.56. The molecular formula is C16H18F3N3. The fourth-order valence-electron chi connectivity index (χ4n) is 3.53. The minimum Gasteiger partial charge on any atom is -0.338 e. The highest BCUT2D eigenvalue weighted by molar-refractivity contribution is 5.76. The lowest BCUT2D eigenvalue weighted by atomic mass is 10.0. The number of likely N-dealkylation sites (tertiary alicyclic amines) is 1. The normalized spacial score (nSPS) is 21.4. The summed E-state index contributed by atoms with van der Waals surface area (Å²) in [5, 5.41) is 0. The summed E-state index contributed by atoms with van der Waals surface area (Å²) in [5.41, 5.74) is -0.258. The van der Waals surface area contributed by atoms with Crippen molar-refractivity contribution in [3.05, 3.63) is 29.3 Å². The summed E-state index contributed by atoms with van der Waals surface area (Å²) < 4.78 is 41.1. The summed E-state index contributed by atoms with van der Waals surface area (Å²) in [6, 6.07) is 0.629. The Bertz CT molecular complexity index is 702. The van der Waals surface area contributed by atoms with Crippen LogP contribution in [0.15, 0.2) is 6.07 Å². The average Bonchev–Trinajstić information content (AvgIpc) is 3.24. The van der Waals surface area contributed by atoms with Crippen LogP contribution in [-0.4, -0.2) is 28.0 Å². The molecular weight excluding hydrogens is 291 g/mol. The molecule has 4 rings (SSSR count). The molecule has 2 aliphatic rings. The number of piperidine rings is 1. The highest BCUT2D eigenvalue weighted by Crippen LogP contribution is 2.45. The Morgan fingerprint density at radius 2 is 1.82 bits per heavy atom. The van der Waals surface area contributed by atoms with Crippen LogP contribution in [0.25, 0.3) is 11.0 Å². The Labute approximate surface area is 126 Å². The van der Waals surface area contributed by atoms with Gasteiger partial charge in [0.1, 0.15) is 16.9 Å². The molecule has 2 heterocycles. The van der Waals surface area contributed by atoms with Crippen molar-refractivity contribution in [3.63, 3.8) is 0 Å². The third kappa shape index (κ3) is 2.29. The van der Waals surface area contributed by atoms with Crippen molar-refractivity contribution < 1.29 is 13.2 Å². The standard InChI is InChI=1S/C16H18F3N3/c17-10-8-11(18)13-14(12(10)19)21-16(20-13)15(9-4-5-9)22-6-2-1-3-7-22/h8-9,15H,1-7H2,(H,20,21). The van der Waals surface area contributed by atoms with Gasteiger partial charge in [-0.15, -0.1) is 0 Å². The van der Waals surface area contributed by atoms with Crippen molar-refractivity contribution >= 4 is 11.0 Å². The van der Waals surface area contributed by atoms with Gasteiger partial charge in [-0.05, 0) is 44.7 Å². The number of halogens is 3. The molecule has 0 bridgehead atoms. The summed E-state index contributed by atoms with van der Waals surface area (Å²) in [4.78, 5) is 9.48. The molecule has 1 atom stereocenters. The predicted molar refractivity (Wildman–Crippen MR) is 76.9 cm³/mol. The van der Waals surface area contributed by atoms with Crippen molar-refractivity contribution in [3.8, 4) is 0 Å². The molecule has 0 amide bonds. The van der Waals surface area contributed by atoms with Gasteiger partial charge in [0.2, 0.25) is 0 Å². The fourth-order valence-corrected chi connectivity index (χ4v) is 3.53. The van der Waals surface area contributed by atoms with Gasteiger partial charge in [-0.1, -0.05) is 6.42 Å². The van der Waals surface area contributed by atoms with Gasteiger partial charge >= 0.3 is 0 Å². The quantitative estimate of drug-likeness (QED) is 0.872. The number of benzene rings is 1. The van der Waals surface area contributed by atoms with Crippen molar-refractivity contribution in [2.45, 2.75) is 38.1 Å². The molecule has 0 radical (unpaired) electrons. The maximum atomic E-state index is 13.9. The molecule has 2 aromatic rings. The van der Waals surface area contributed by atoms with E-state index in [1.165, 1.54) is 6.42 Å². The van der Waals surface area contributed by atoms with Gasteiger partial charge in [-0.25, -0.2) is 18.2 Å². The second-order valence-electron chi connectivity index (χ2n) is 6.38. The van der Waals surface area contributed by atoms with Crippen LogP contribution in [0.3, 0.4) is 0 Å². The number of hydrogen-bond donors (Lipinski definition) is 1. The largest absolute Gasteiger partial charge is 0.338 e. The molecule has 1 N–H and O–H groups in total. The van der Waals surface area contributed by atoms with Gasteiger partial charge in [-0.3, -0.25) is 4.90 Å². The van der Waals surface area contributed by atoms with Crippen LogP contribution >= 0.6 is 0 Å². The highest BCUT2D eigenvalue weighted by Gasteiger charge is 2.39. The second kappa shape index (κ2) is 5.26. The molecule has 1 saturated heterocycles. The first-order valence-electron chi connectivity index (χ1n) is 7.92. The lowest BCUT2D eigenvalue weighted by Crippen LogP contribution is -2.35. The second-order valence-corrected chi connectivity index (χ2v) is 6.38. The number of imidazole rings is 1. The maximum Gasteiger partial charge on any atom is 0.184 e. The summed E-state index contributed by atoms with van der Waals surface area (Å²) in [6.45, 7) is 1.97. The summed E-state index contributed by atoms with van der Waals surface area (Å²) >= 11 is 0. The minimum atomic E-state index is -1.18. The summed E-state index contributed by atoms with van der Waals surface area (Å²) in [7, 11) is 0. The molecule has 1 unspecified atom stereocenters. The van der Waals surface area contributed by atoms with E-state index in [1.54, 1.807) is 0 Å². The van der Waals surface area contributed by atoms with Gasteiger partial charge in [-0.2, -0.15) is 0 Å². The number of fused-ring (bicyclic) bond motifs is 1. The predicted octanol–water partition coefficient (Wildman–Crippen LogP) is 3.92. The van der Waals surface area contributed by atoms with E-state index in [0.717, 1.165) is 38.8 Å². The van der Waals surface area contributed by atoms with E-state index in [2.05, 4.69) is 14.9 Å². The van der Waals surface area contributed by atoms with E-state index >= 15 is 0 Å². The average molecular weight is 309 g/mol. The van der Waals surface area contributed by atoms with Gasteiger partial charge in [0.15, 0.2) is 17.5 Å². The first-order chi connectivity index (χ1) is 10.6. The van der Waals surface area contributed by atoms with Crippen LogP contribution in [0.2, 0.25) is 0 Å². The number of nitrogens with one attached hydrogen (secondary N) is 1. The maximum absolute atomic E-state index is 13.9. The Balaban J connectivity index is 1.77. The Morgan fingerprint density at radius 3 is 2.50 bits per heavy atom. The zero-order valence-electron chi connectivity index (χ0n) is 12.2. The van der Waals surface area contributed by atoms with E-state index in [-0.39, 0.29) is 17.1 Å². The zero-order chi connectivity index (χ0) is 15.3. The molecule has 118 valence electrons. The number of aromatic nitrogens is 2. The number of rotatable bonds is 3. The summed E-state index contributed by atoms with van der Waals surface area (Å²) in [6.07, 6.45) is 5.72. The molecule has 2 fully saturated rings. The number of hydrogen-bond acceptors (Lipinski definition) is 2. The van der Waals surface area contributed by atoms with Crippen LogP contribution in [0.5, 0.6) is 0 Å². The van der Waals surface area contributed by atoms with E-state index in [0.29, 0.717) is 17.8 Å². The first-order valence-corrected chi connectivity index (χ1v) is 7.92. The van der Waals surface area contributed by atoms with Gasteiger partial charge in [0.05, 0.1) is 6.04 Å². The minimum absolute atomic E-state index is 0.0644. The van der Waals surface area contributed by atoms with Crippen LogP contribution in [0.1, 0.15) is 44.0 Å². The monoisotopic (exact) mass is 309 g/mol. The van der Waals surface area contributed by atoms with Gasteiger partial charge in [0.25, 0.3) is 0 Å². The van der Waals surface area contributed by atoms with Crippen molar-refractivity contribution in [1.29, 1.82) is 0 Å². The smallest absolute Gasteiger partial charge is 0.184 e. The Morgan fingerprint density at radius 1 is 1.09 bits per heavy atom. The number of aromatic amines is 1. The lowest BCUT2D eigenvalue weighted by Gasteiger charge is -2.33. The van der Waals surface area contributed by atoms with E-state index in [1.807, 2.05) is 0 Å². The third-order valence-electron chi connectivity index (χ3n) is 4.76. The zero-order valence-corrected chi connectivity index (χ0v) is 12.2. The molecule has 1 aliphatic heterocycles. The third-order valence-corrected chi connectivity index (χ3v) is 4.76. The molecule has 0 spiro atoms. The molecule has 1 aromatic heterocycles. The highest BCUT2D eigenvalue weighted by atomic mass is 19.2. The van der Waals surface area contributed by atoms with Gasteiger partial charge in [0, 0.05) is 6.07 Å². The SMILES string of the molecule is Fc1cc(F)c2nc(C(C3CC3)N3CCCCC3)[nH]c2c1F. The molecule has 22 heavy (non-hydrogen) atoms. The molecule has 1 saturated carbocycles. The van der Waals surface area contributed by atoms with Crippen LogP contribution < -0.4 is 0 Å². The van der Waals surface area contributed by atoms with Crippen LogP contribution in [0, 0.1) is 23.4 Å². The van der Waals surface area contributed by atoms with E-state index in [9.17, 15) is 13.2 Å². The molecule has 1 aliphatic carbocycles. The van der Waals surface area contributed by atoms with Crippen LogP contribution in [0.4, 0.5) is 13.2 Å². The lowest BCUT2D eigenvalue weighted by molar-refractivity contribution is 0.141. The number of H-pyrrole nitrogens is 1. The number of nitrogens with zero attached hydrogens (tertiary/aromatic N) is 2. The van der Waals surface area contributed by atoms with Crippen LogP contribution in [-0.2, 0) is 0 Å². The molecule has 6 heteroatoms. The first kappa shape index (κ1) is 14.1. The molecule has 1 aromatic carbocycles. The molecule has 3 nitrogen and oxygen atoms in total. The fraction of sp³-hybridized carbons (Fsp3) is 0.562. The van der Waals surface area contributed by atoms with Crippen molar-refractivity contribution in [1.82, 2.24) is 14.9 Å². The topological polar surface area (TPSA) is 31.9 Å². The van der Waals surface area contributed by atoms with Crippen molar-refractivity contribution in [2.24, 2.45) is 5.92 Å². The van der Waals surface area contributed by atoms with E-state index < -0.39 is 17.5 Å².